The Labute approximate surface area is 51.6 Å². The Morgan fingerprint density at radius 1 is 1.20 bits per heavy atom. The first-order chi connectivity index (χ1) is 1.41. The number of hydrogen-bond donors (Lipinski definition) is 2. The maximum atomic E-state index is 6.62. The Morgan fingerprint density at radius 2 is 1.20 bits per heavy atom. The summed E-state index contributed by atoms with van der Waals surface area (Å²) in [6, 6.07) is 0. The Kier molecular flexibility index (Phi) is 67.1. The maximum absolute atomic E-state index is 6.62. The van der Waals surface area contributed by atoms with E-state index in [1.165, 1.54) is 0 Å². The molecular formula is H2CoLiO3. The Morgan fingerprint density at radius 3 is 1.20 bits per heavy atom. The van der Waals surface area contributed by atoms with Gasteiger partial charge in [0.05, 0.1) is 0 Å². The van der Waals surface area contributed by atoms with Gasteiger partial charge in [-0.25, -0.2) is 10.5 Å². The van der Waals surface area contributed by atoms with Crippen molar-refractivity contribution in [2.24, 2.45) is 0 Å². The van der Waals surface area contributed by atoms with Gasteiger partial charge in [-0.1, -0.05) is 5.04 Å². The second kappa shape index (κ2) is 20.1. The smallest absolute Gasteiger partial charge is 0 e. The van der Waals surface area contributed by atoms with E-state index in [4.69, 9.17) is 10.5 Å². The van der Waals surface area contributed by atoms with Crippen molar-refractivity contribution >= 4 is 18.9 Å². The minimum absolute atomic E-state index is 0. The monoisotopic (exact) mass is 116 g/mol. The molecule has 0 unspecified atom stereocenters. The molecule has 5 heteroatoms. The summed E-state index contributed by atoms with van der Waals surface area (Å²) in [5, 5.41) is 15.5. The van der Waals surface area contributed by atoms with Gasteiger partial charge >= 0.3 is 0 Å². The molecule has 0 aliphatic carbocycles. The molecule has 5 heavy (non-hydrogen) atoms. The van der Waals surface area contributed by atoms with Gasteiger partial charge in [0.15, 0.2) is 0 Å². The van der Waals surface area contributed by atoms with Crippen LogP contribution in [0.5, 0.6) is 0 Å². The zero-order valence-corrected chi connectivity index (χ0v) is 3.68. The molecule has 0 aliphatic rings. The summed E-state index contributed by atoms with van der Waals surface area (Å²) >= 11 is 0. The van der Waals surface area contributed by atoms with Crippen LogP contribution in [0, 0.1) is 0 Å². The van der Waals surface area contributed by atoms with Crippen molar-refractivity contribution in [2.75, 3.05) is 0 Å². The third-order valence-electron chi connectivity index (χ3n) is 0. The molecule has 0 saturated carbocycles. The fraction of sp³-hybridized carbons (Fsp3) is 0. The van der Waals surface area contributed by atoms with Crippen LogP contribution < -0.4 is 0 Å². The minimum atomic E-state index is 0. The summed E-state index contributed by atoms with van der Waals surface area (Å²) in [4.78, 5) is 0. The summed E-state index contributed by atoms with van der Waals surface area (Å²) in [7, 11) is 0. The molecule has 0 fully saturated rings. The summed E-state index contributed by atoms with van der Waals surface area (Å²) in [6.07, 6.45) is 0. The second-order valence-corrected chi connectivity index (χ2v) is 0.0816. The molecule has 2 radical (unpaired) electrons. The van der Waals surface area contributed by atoms with Crippen LogP contribution in [0.2, 0.25) is 0 Å². The van der Waals surface area contributed by atoms with Crippen molar-refractivity contribution in [2.45, 2.75) is 0 Å². The molecule has 0 spiro atoms. The first-order valence-corrected chi connectivity index (χ1v) is 0.365. The number of rotatable bonds is 0. The van der Waals surface area contributed by atoms with Crippen molar-refractivity contribution in [1.82, 2.24) is 0 Å². The van der Waals surface area contributed by atoms with Crippen molar-refractivity contribution in [3.8, 4) is 0 Å². The molecule has 0 atom stereocenters. The molecule has 0 aliphatic heterocycles. The van der Waals surface area contributed by atoms with Gasteiger partial charge in [-0.2, -0.15) is 0 Å². The summed E-state index contributed by atoms with van der Waals surface area (Å²) in [5.74, 6) is 0. The zero-order valence-electron chi connectivity index (χ0n) is 2.64. The Bertz CT molecular complexity index is 6.85. The van der Waals surface area contributed by atoms with E-state index in [0.717, 1.165) is 0 Å². The molecule has 2 N–H and O–H groups in total. The third-order valence-corrected chi connectivity index (χ3v) is 0. The average Bonchev–Trinajstić information content (AvgIpc) is 0.918. The summed E-state index contributed by atoms with van der Waals surface area (Å²) in [5.41, 5.74) is 0. The van der Waals surface area contributed by atoms with Gasteiger partial charge in [0, 0.05) is 35.6 Å². The van der Waals surface area contributed by atoms with Gasteiger partial charge in [-0.3, -0.25) is 0 Å². The van der Waals surface area contributed by atoms with E-state index in [1.807, 2.05) is 0 Å². The largest absolute Gasteiger partial charge is 0.221 e. The van der Waals surface area contributed by atoms with Gasteiger partial charge in [-0.05, 0) is 0 Å². The van der Waals surface area contributed by atoms with Crippen LogP contribution in [-0.2, 0) is 21.8 Å². The quantitative estimate of drug-likeness (QED) is 0.256. The summed E-state index contributed by atoms with van der Waals surface area (Å²) < 4.78 is 0. The van der Waals surface area contributed by atoms with Crippen molar-refractivity contribution in [3.63, 3.8) is 0 Å². The fourth-order valence-corrected chi connectivity index (χ4v) is 0. The average molecular weight is 116 g/mol. The predicted octanol–water partition coefficient (Wildman–Crippen LogP) is -0.434. The van der Waals surface area contributed by atoms with Gasteiger partial charge < -0.3 is 0 Å². The van der Waals surface area contributed by atoms with Crippen LogP contribution in [0.25, 0.3) is 0 Å². The van der Waals surface area contributed by atoms with E-state index >= 15 is 0 Å². The molecule has 0 bridgehead atoms. The normalized spacial score (nSPS) is 3.60. The van der Waals surface area contributed by atoms with Crippen molar-refractivity contribution < 1.29 is 32.3 Å². The van der Waals surface area contributed by atoms with E-state index in [2.05, 4.69) is 5.04 Å². The van der Waals surface area contributed by atoms with E-state index in [1.54, 1.807) is 0 Å². The van der Waals surface area contributed by atoms with Crippen molar-refractivity contribution in [3.05, 3.63) is 0 Å². The van der Waals surface area contributed by atoms with Crippen LogP contribution in [-0.4, -0.2) is 29.4 Å². The SMILES string of the molecule is OOO.[Co].[Li]. The topological polar surface area (TPSA) is 49.7 Å². The van der Waals surface area contributed by atoms with Crippen LogP contribution in [0.1, 0.15) is 0 Å². The minimum Gasteiger partial charge on any atom is -0.221 e. The molecule has 0 aromatic carbocycles. The first-order valence-electron chi connectivity index (χ1n) is 0.365. The van der Waals surface area contributed by atoms with Gasteiger partial charge in [0.1, 0.15) is 0 Å². The van der Waals surface area contributed by atoms with Gasteiger partial charge in [0.2, 0.25) is 0 Å². The van der Waals surface area contributed by atoms with Crippen LogP contribution in [0.3, 0.4) is 0 Å². The zero-order chi connectivity index (χ0) is 2.71. The third kappa shape index (κ3) is 45.8. The first kappa shape index (κ1) is 16.7. The Balaban J connectivity index is -0.0000000200. The van der Waals surface area contributed by atoms with Gasteiger partial charge in [-0.15, -0.1) is 0 Å². The Hall–Kier alpha value is 0.984. The van der Waals surface area contributed by atoms with Crippen LogP contribution >= 0.6 is 0 Å². The maximum Gasteiger partial charge on any atom is 0 e. The molecular weight excluding hydrogens is 114 g/mol. The van der Waals surface area contributed by atoms with E-state index in [-0.39, 0.29) is 35.6 Å². The molecule has 30 valence electrons. The molecule has 0 amide bonds. The molecule has 0 saturated heterocycles. The molecule has 0 heterocycles. The molecule has 3 nitrogen and oxygen atoms in total. The van der Waals surface area contributed by atoms with E-state index in [9.17, 15) is 0 Å². The second-order valence-electron chi connectivity index (χ2n) is 0.0816. The molecule has 0 rings (SSSR count). The predicted molar refractivity (Wildman–Crippen MR) is 12.1 cm³/mol. The molecule has 0 aromatic heterocycles. The standard InChI is InChI=1S/Co.Li.H2O3/c;;1-3-2/h;;1-2H. The van der Waals surface area contributed by atoms with Crippen LogP contribution in [0.4, 0.5) is 0 Å². The van der Waals surface area contributed by atoms with E-state index < -0.39 is 0 Å². The van der Waals surface area contributed by atoms with Crippen LogP contribution in [0.15, 0.2) is 0 Å². The fourth-order valence-electron chi connectivity index (χ4n) is 0. The number of hydrogen-bond acceptors (Lipinski definition) is 3. The summed E-state index contributed by atoms with van der Waals surface area (Å²) in [6.45, 7) is 0. The van der Waals surface area contributed by atoms with Gasteiger partial charge in [0.25, 0.3) is 0 Å². The van der Waals surface area contributed by atoms with E-state index in [0.29, 0.717) is 0 Å². The van der Waals surface area contributed by atoms with Crippen molar-refractivity contribution in [1.29, 1.82) is 0 Å². The molecule has 0 aromatic rings.